The molecule has 3 aromatic carbocycles. The van der Waals surface area contributed by atoms with E-state index in [2.05, 4.69) is 109 Å². The predicted octanol–water partition coefficient (Wildman–Crippen LogP) is 13.1. The Kier molecular flexibility index (Phi) is 13.9. The van der Waals surface area contributed by atoms with Gasteiger partial charge in [-0.25, -0.2) is 0 Å². The molecule has 0 aliphatic heterocycles. The predicted molar refractivity (Wildman–Crippen MR) is 218 cm³/mol. The number of fused-ring (bicyclic) bond motifs is 4. The minimum atomic E-state index is -0.337. The molecule has 0 atom stereocenters. The molecule has 2 aromatic heterocycles. The monoisotopic (exact) mass is 883 g/mol. The Morgan fingerprint density at radius 2 is 1.37 bits per heavy atom. The number of hydrogen-bond donors (Lipinski definition) is 1. The molecule has 277 valence electrons. The number of aliphatic hydroxyl groups excluding tert-OH is 1. The summed E-state index contributed by atoms with van der Waals surface area (Å²) < 4.78 is 4.72. The van der Waals surface area contributed by atoms with Crippen molar-refractivity contribution in [3.63, 3.8) is 0 Å². The van der Waals surface area contributed by atoms with Crippen molar-refractivity contribution in [3.05, 3.63) is 103 Å². The number of allylic oxidation sites excluding steroid dienone is 2. The maximum atomic E-state index is 12.2. The molecule has 0 saturated heterocycles. The van der Waals surface area contributed by atoms with Crippen molar-refractivity contribution in [2.45, 2.75) is 114 Å². The van der Waals surface area contributed by atoms with Crippen molar-refractivity contribution in [1.82, 2.24) is 0 Å². The molecule has 1 N–H and O–H groups in total. The summed E-state index contributed by atoms with van der Waals surface area (Å²) in [5.74, 6) is 0.910. The van der Waals surface area contributed by atoms with Crippen LogP contribution in [-0.4, -0.2) is 10.9 Å². The van der Waals surface area contributed by atoms with Crippen LogP contribution in [0.4, 0.5) is 0 Å². The van der Waals surface area contributed by atoms with E-state index in [1.807, 2.05) is 57.4 Å². The van der Waals surface area contributed by atoms with Gasteiger partial charge in [-0.15, -0.1) is 34.4 Å². The molecule has 0 bridgehead atoms. The molecule has 3 nitrogen and oxygen atoms in total. The van der Waals surface area contributed by atoms with Gasteiger partial charge in [0.25, 0.3) is 0 Å². The van der Waals surface area contributed by atoms with E-state index in [0.717, 1.165) is 43.4 Å². The number of pyridine rings is 1. The minimum Gasteiger partial charge on any atom is -0.512 e. The number of carbonyl (C=O) groups is 1. The standard InChI is InChI=1S/C31H32NS.C15H28O2.Ir/c1-19(2)17-21-11-10-14-24-25-15-16-32(7)28(30(25)33-29(21)24)26-18-27(31(4,5)6)23-13-9-8-12-22(23)20(26)3;1-7-14(5,8-2)12(16)11-13(17)15(6,9-3)10-4;/h8-16,18-19H,3,7,17H2,1-2,4-6H3;11,16H,7-10H2,1-6H3;/q-1;;/b;12-11-;. The average molecular weight is 883 g/mol. The van der Waals surface area contributed by atoms with E-state index in [1.54, 1.807) is 0 Å². The quantitative estimate of drug-likeness (QED) is 0.0657. The molecule has 0 unspecified atom stereocenters. The molecule has 0 amide bonds. The number of benzene rings is 3. The second kappa shape index (κ2) is 16.7. The summed E-state index contributed by atoms with van der Waals surface area (Å²) in [5.41, 5.74) is 5.61. The van der Waals surface area contributed by atoms with Crippen LogP contribution in [0.25, 0.3) is 42.2 Å². The Morgan fingerprint density at radius 3 is 1.92 bits per heavy atom. The van der Waals surface area contributed by atoms with Crippen LogP contribution in [-0.2, 0) is 36.7 Å². The fourth-order valence-corrected chi connectivity index (χ4v) is 8.12. The van der Waals surface area contributed by atoms with Gasteiger partial charge in [-0.05, 0) is 65.8 Å². The van der Waals surface area contributed by atoms with E-state index in [0.29, 0.717) is 5.92 Å². The Morgan fingerprint density at radius 1 is 0.824 bits per heavy atom. The van der Waals surface area contributed by atoms with Crippen molar-refractivity contribution < 1.29 is 34.6 Å². The topological polar surface area (TPSA) is 41.2 Å². The van der Waals surface area contributed by atoms with Crippen LogP contribution in [0.5, 0.6) is 0 Å². The Hall–Kier alpha value is -3.11. The van der Waals surface area contributed by atoms with Gasteiger partial charge in [0, 0.05) is 53.5 Å². The van der Waals surface area contributed by atoms with Crippen LogP contribution in [0.1, 0.15) is 119 Å². The summed E-state index contributed by atoms with van der Waals surface area (Å²) in [4.78, 5) is 12.2. The minimum absolute atomic E-state index is 0. The van der Waals surface area contributed by atoms with Crippen molar-refractivity contribution in [2.75, 3.05) is 0 Å². The molecule has 0 saturated carbocycles. The van der Waals surface area contributed by atoms with Gasteiger partial charge >= 0.3 is 0 Å². The maximum absolute atomic E-state index is 12.2. The fraction of sp³-hybridized carbons (Fsp3) is 0.435. The maximum Gasteiger partial charge on any atom is 0.164 e. The fourth-order valence-electron chi connectivity index (χ4n) is 6.74. The van der Waals surface area contributed by atoms with Gasteiger partial charge in [0.15, 0.2) is 5.78 Å². The van der Waals surface area contributed by atoms with E-state index in [-0.39, 0.29) is 47.9 Å². The first kappa shape index (κ1) is 42.3. The van der Waals surface area contributed by atoms with Gasteiger partial charge in [0.1, 0.15) is 5.76 Å². The molecule has 51 heavy (non-hydrogen) atoms. The second-order valence-electron chi connectivity index (χ2n) is 16.0. The number of aliphatic hydroxyl groups is 1. The van der Waals surface area contributed by atoms with E-state index in [1.165, 1.54) is 53.7 Å². The van der Waals surface area contributed by atoms with Gasteiger partial charge in [-0.3, -0.25) is 4.79 Å². The number of carbonyl (C=O) groups excluding carboxylic acids is 1. The van der Waals surface area contributed by atoms with Crippen LogP contribution in [0.15, 0.2) is 72.6 Å². The van der Waals surface area contributed by atoms with Crippen LogP contribution in [0, 0.1) is 30.7 Å². The molecule has 1 radical (unpaired) electrons. The molecule has 0 aliphatic carbocycles. The summed E-state index contributed by atoms with van der Waals surface area (Å²) in [7, 11) is 4.40. The van der Waals surface area contributed by atoms with Crippen LogP contribution < -0.4 is 4.57 Å². The first-order valence-corrected chi connectivity index (χ1v) is 19.3. The van der Waals surface area contributed by atoms with Crippen molar-refractivity contribution in [3.8, 4) is 11.3 Å². The number of hydrogen-bond acceptors (Lipinski definition) is 3. The van der Waals surface area contributed by atoms with Crippen LogP contribution in [0.3, 0.4) is 0 Å². The molecular weight excluding hydrogens is 823 g/mol. The third kappa shape index (κ3) is 8.59. The first-order valence-electron chi connectivity index (χ1n) is 18.5. The van der Waals surface area contributed by atoms with Gasteiger partial charge in [0.05, 0.1) is 11.9 Å². The molecule has 0 spiro atoms. The second-order valence-corrected chi connectivity index (χ2v) is 17.1. The molecule has 5 heteroatoms. The van der Waals surface area contributed by atoms with Gasteiger partial charge in [-0.2, -0.15) is 12.5 Å². The van der Waals surface area contributed by atoms with Gasteiger partial charge in [-0.1, -0.05) is 124 Å². The summed E-state index contributed by atoms with van der Waals surface area (Å²) in [6.07, 6.45) is 7.95. The summed E-state index contributed by atoms with van der Waals surface area (Å²) in [5, 5.41) is 15.3. The van der Waals surface area contributed by atoms with E-state index in [9.17, 15) is 9.90 Å². The third-order valence-corrected chi connectivity index (χ3v) is 12.5. The number of rotatable bonds is 10. The summed E-state index contributed by atoms with van der Waals surface area (Å²) in [6, 6.07) is 20.0. The number of ketones is 1. The first-order chi connectivity index (χ1) is 23.5. The number of aromatic nitrogens is 1. The Labute approximate surface area is 325 Å². The average Bonchev–Trinajstić information content (AvgIpc) is 3.47. The largest absolute Gasteiger partial charge is 0.512 e. The van der Waals surface area contributed by atoms with Crippen molar-refractivity contribution >= 4 is 48.1 Å². The molecule has 5 aromatic rings. The smallest absolute Gasteiger partial charge is 0.164 e. The Bertz CT molecular complexity index is 2020. The molecule has 0 fully saturated rings. The van der Waals surface area contributed by atoms with Gasteiger partial charge < -0.3 is 9.67 Å². The van der Waals surface area contributed by atoms with Crippen LogP contribution >= 0.6 is 11.3 Å². The molecule has 2 heterocycles. The van der Waals surface area contributed by atoms with E-state index >= 15 is 0 Å². The SMILES string of the molecule is CCC(C)(CC)C(=O)/C=C(\O)C(C)(CC)CC.[CH2-]c1c(-c2c3sc4c(CC(C)C)cccc4c3cc[n+]2[CH2-])cc(C(C)(C)C)c2ccccc12.[Ir]. The molecular formula is C46H60IrNO2S-. The van der Waals surface area contributed by atoms with Crippen molar-refractivity contribution in [1.29, 1.82) is 0 Å². The zero-order valence-corrected chi connectivity index (χ0v) is 36.1. The van der Waals surface area contributed by atoms with E-state index < -0.39 is 0 Å². The van der Waals surface area contributed by atoms with E-state index in [4.69, 9.17) is 0 Å². The normalized spacial score (nSPS) is 12.7. The van der Waals surface area contributed by atoms with Crippen LogP contribution in [0.2, 0.25) is 0 Å². The van der Waals surface area contributed by atoms with Gasteiger partial charge in [0.2, 0.25) is 0 Å². The zero-order valence-electron chi connectivity index (χ0n) is 32.9. The van der Waals surface area contributed by atoms with Crippen molar-refractivity contribution in [2.24, 2.45) is 16.7 Å². The number of thiophene rings is 1. The Balaban J connectivity index is 0.000000335. The zero-order chi connectivity index (χ0) is 37.2. The molecule has 0 aliphatic rings. The third-order valence-electron chi connectivity index (χ3n) is 11.2. The molecule has 5 rings (SSSR count). The summed E-state index contributed by atoms with van der Waals surface area (Å²) >= 11 is 1.90. The summed E-state index contributed by atoms with van der Waals surface area (Å²) in [6.45, 7) is 28.1. The number of nitrogens with zero attached hydrogens (tertiary/aromatic N) is 1.